The van der Waals surface area contributed by atoms with Gasteiger partial charge in [0.15, 0.2) is 0 Å². The number of hydrogen-bond acceptors (Lipinski definition) is 1. The molecule has 0 radical (unpaired) electrons. The second-order valence-corrected chi connectivity index (χ2v) is 6.04. The summed E-state index contributed by atoms with van der Waals surface area (Å²) in [7, 11) is 0. The van der Waals surface area contributed by atoms with Gasteiger partial charge in [-0.15, -0.1) is 0 Å². The smallest absolute Gasteiger partial charge is 0.0452 e. The molecule has 0 saturated heterocycles. The van der Waals surface area contributed by atoms with Crippen LogP contribution in [0.2, 0.25) is 10.0 Å². The van der Waals surface area contributed by atoms with E-state index in [4.69, 9.17) is 23.2 Å². The van der Waals surface area contributed by atoms with E-state index in [0.717, 1.165) is 41.4 Å². The fourth-order valence-corrected chi connectivity index (χ4v) is 3.44. The van der Waals surface area contributed by atoms with E-state index in [2.05, 4.69) is 18.3 Å². The summed E-state index contributed by atoms with van der Waals surface area (Å²) >= 11 is 12.2. The zero-order chi connectivity index (χ0) is 13.0. The molecule has 2 atom stereocenters. The van der Waals surface area contributed by atoms with Gasteiger partial charge in [-0.2, -0.15) is 0 Å². The van der Waals surface area contributed by atoms with Gasteiger partial charge in [0.05, 0.1) is 0 Å². The molecule has 1 fully saturated rings. The fraction of sp³-hybridized carbons (Fsp3) is 0.600. The standard InChI is InChI=1S/C15H21Cl2N/c1-2-18-10-13-5-3-4-11(13)8-12-6-7-14(16)9-15(12)17/h6-7,9,11,13,18H,2-5,8,10H2,1H3. The van der Waals surface area contributed by atoms with Crippen LogP contribution < -0.4 is 5.32 Å². The third-order valence-corrected chi connectivity index (χ3v) is 4.56. The topological polar surface area (TPSA) is 12.0 Å². The first-order chi connectivity index (χ1) is 8.70. The third-order valence-electron chi connectivity index (χ3n) is 3.97. The summed E-state index contributed by atoms with van der Waals surface area (Å²) in [5, 5.41) is 5.01. The summed E-state index contributed by atoms with van der Waals surface area (Å²) in [6.07, 6.45) is 5.12. The van der Waals surface area contributed by atoms with Gasteiger partial charge in [0.1, 0.15) is 0 Å². The number of hydrogen-bond donors (Lipinski definition) is 1. The predicted molar refractivity (Wildman–Crippen MR) is 79.5 cm³/mol. The van der Waals surface area contributed by atoms with E-state index < -0.39 is 0 Å². The van der Waals surface area contributed by atoms with Crippen molar-refractivity contribution in [3.63, 3.8) is 0 Å². The summed E-state index contributed by atoms with van der Waals surface area (Å²) < 4.78 is 0. The Kier molecular flexibility index (Phi) is 5.35. The molecule has 100 valence electrons. The molecule has 1 saturated carbocycles. The summed E-state index contributed by atoms with van der Waals surface area (Å²) in [5.41, 5.74) is 1.24. The average Bonchev–Trinajstić information content (AvgIpc) is 2.77. The summed E-state index contributed by atoms with van der Waals surface area (Å²) in [6, 6.07) is 5.87. The second kappa shape index (κ2) is 6.79. The largest absolute Gasteiger partial charge is 0.317 e. The predicted octanol–water partition coefficient (Wildman–Crippen LogP) is 4.56. The monoisotopic (exact) mass is 285 g/mol. The molecule has 3 heteroatoms. The van der Waals surface area contributed by atoms with E-state index in [1.54, 1.807) is 0 Å². The van der Waals surface area contributed by atoms with Gasteiger partial charge in [0, 0.05) is 10.0 Å². The fourth-order valence-electron chi connectivity index (χ4n) is 2.95. The van der Waals surface area contributed by atoms with Crippen LogP contribution in [-0.4, -0.2) is 13.1 Å². The number of nitrogens with one attached hydrogen (secondary N) is 1. The molecule has 0 spiro atoms. The van der Waals surface area contributed by atoms with Gasteiger partial charge in [-0.3, -0.25) is 0 Å². The summed E-state index contributed by atoms with van der Waals surface area (Å²) in [6.45, 7) is 4.37. The molecular weight excluding hydrogens is 265 g/mol. The van der Waals surface area contributed by atoms with E-state index in [1.807, 2.05) is 12.1 Å². The minimum Gasteiger partial charge on any atom is -0.317 e. The van der Waals surface area contributed by atoms with Crippen molar-refractivity contribution in [2.45, 2.75) is 32.6 Å². The van der Waals surface area contributed by atoms with Crippen LogP contribution in [0.5, 0.6) is 0 Å². The van der Waals surface area contributed by atoms with Crippen molar-refractivity contribution in [1.82, 2.24) is 5.32 Å². The van der Waals surface area contributed by atoms with Crippen LogP contribution in [0.4, 0.5) is 0 Å². The molecular formula is C15H21Cl2N. The number of rotatable bonds is 5. The normalized spacial score (nSPS) is 23.5. The molecule has 1 aromatic carbocycles. The van der Waals surface area contributed by atoms with Crippen LogP contribution in [0.1, 0.15) is 31.7 Å². The maximum atomic E-state index is 6.26. The molecule has 0 aliphatic heterocycles. The highest BCUT2D eigenvalue weighted by Gasteiger charge is 2.27. The molecule has 1 aliphatic rings. The van der Waals surface area contributed by atoms with Gasteiger partial charge >= 0.3 is 0 Å². The minimum atomic E-state index is 0.722. The lowest BCUT2D eigenvalue weighted by molar-refractivity contribution is 0.368. The van der Waals surface area contributed by atoms with Crippen LogP contribution in [0.3, 0.4) is 0 Å². The lowest BCUT2D eigenvalue weighted by atomic mass is 9.89. The Hall–Kier alpha value is -0.240. The Morgan fingerprint density at radius 2 is 2.00 bits per heavy atom. The molecule has 2 rings (SSSR count). The Bertz CT molecular complexity index is 392. The van der Waals surface area contributed by atoms with Gasteiger partial charge < -0.3 is 5.32 Å². The minimum absolute atomic E-state index is 0.722. The van der Waals surface area contributed by atoms with E-state index >= 15 is 0 Å². The maximum Gasteiger partial charge on any atom is 0.0452 e. The Balaban J connectivity index is 1.99. The van der Waals surface area contributed by atoms with Crippen molar-refractivity contribution in [3.8, 4) is 0 Å². The number of halogens is 2. The van der Waals surface area contributed by atoms with Gasteiger partial charge in [0.2, 0.25) is 0 Å². The molecule has 0 heterocycles. The molecule has 1 nitrogen and oxygen atoms in total. The summed E-state index contributed by atoms with van der Waals surface area (Å²) in [4.78, 5) is 0. The Morgan fingerprint density at radius 3 is 2.72 bits per heavy atom. The third kappa shape index (κ3) is 3.63. The van der Waals surface area contributed by atoms with Crippen molar-refractivity contribution < 1.29 is 0 Å². The molecule has 1 N–H and O–H groups in total. The first-order valence-corrected chi connectivity index (χ1v) is 7.61. The van der Waals surface area contributed by atoms with Crippen LogP contribution in [0.15, 0.2) is 18.2 Å². The van der Waals surface area contributed by atoms with Crippen molar-refractivity contribution in [2.24, 2.45) is 11.8 Å². The van der Waals surface area contributed by atoms with Gasteiger partial charge in [-0.25, -0.2) is 0 Å². The van der Waals surface area contributed by atoms with Gasteiger partial charge in [-0.05, 0) is 61.9 Å². The molecule has 0 aromatic heterocycles. The van der Waals surface area contributed by atoms with E-state index in [9.17, 15) is 0 Å². The van der Waals surface area contributed by atoms with Gasteiger partial charge in [-0.1, -0.05) is 42.6 Å². The second-order valence-electron chi connectivity index (χ2n) is 5.20. The van der Waals surface area contributed by atoms with Crippen LogP contribution in [0.25, 0.3) is 0 Å². The van der Waals surface area contributed by atoms with E-state index in [-0.39, 0.29) is 0 Å². The molecule has 0 bridgehead atoms. The van der Waals surface area contributed by atoms with Crippen LogP contribution in [-0.2, 0) is 6.42 Å². The van der Waals surface area contributed by atoms with Crippen molar-refractivity contribution >= 4 is 23.2 Å². The van der Waals surface area contributed by atoms with Crippen molar-refractivity contribution in [2.75, 3.05) is 13.1 Å². The highest BCUT2D eigenvalue weighted by molar-refractivity contribution is 6.35. The highest BCUT2D eigenvalue weighted by Crippen LogP contribution is 2.35. The lowest BCUT2D eigenvalue weighted by Crippen LogP contribution is -2.26. The first kappa shape index (κ1) is 14.2. The summed E-state index contributed by atoms with van der Waals surface area (Å²) in [5.74, 6) is 1.57. The zero-order valence-electron chi connectivity index (χ0n) is 10.9. The SMILES string of the molecule is CCNCC1CCCC1Cc1ccc(Cl)cc1Cl. The molecule has 1 aromatic rings. The Morgan fingerprint density at radius 1 is 1.22 bits per heavy atom. The lowest BCUT2D eigenvalue weighted by Gasteiger charge is -2.20. The van der Waals surface area contributed by atoms with Crippen molar-refractivity contribution in [1.29, 1.82) is 0 Å². The first-order valence-electron chi connectivity index (χ1n) is 6.85. The van der Waals surface area contributed by atoms with E-state index in [1.165, 1.54) is 24.8 Å². The quantitative estimate of drug-likeness (QED) is 0.836. The maximum absolute atomic E-state index is 6.26. The molecule has 0 amide bonds. The molecule has 2 unspecified atom stereocenters. The van der Waals surface area contributed by atoms with Crippen LogP contribution >= 0.6 is 23.2 Å². The van der Waals surface area contributed by atoms with Crippen LogP contribution in [0, 0.1) is 11.8 Å². The van der Waals surface area contributed by atoms with Crippen molar-refractivity contribution in [3.05, 3.63) is 33.8 Å². The highest BCUT2D eigenvalue weighted by atomic mass is 35.5. The average molecular weight is 286 g/mol. The Labute approximate surface area is 120 Å². The van der Waals surface area contributed by atoms with Gasteiger partial charge in [0.25, 0.3) is 0 Å². The van der Waals surface area contributed by atoms with E-state index in [0.29, 0.717) is 0 Å². The number of benzene rings is 1. The molecule has 18 heavy (non-hydrogen) atoms. The molecule has 1 aliphatic carbocycles. The zero-order valence-corrected chi connectivity index (χ0v) is 12.4.